The number of benzene rings is 1. The van der Waals surface area contributed by atoms with E-state index in [-0.39, 0.29) is 11.5 Å². The number of pyridine rings is 1. The molecule has 1 aliphatic rings. The van der Waals surface area contributed by atoms with Crippen LogP contribution in [-0.2, 0) is 15.2 Å². The summed E-state index contributed by atoms with van der Waals surface area (Å²) in [4.78, 5) is 15.7. The van der Waals surface area contributed by atoms with E-state index in [9.17, 15) is 13.2 Å². The van der Waals surface area contributed by atoms with Crippen molar-refractivity contribution in [3.8, 4) is 5.75 Å². The lowest BCUT2D eigenvalue weighted by Gasteiger charge is -2.13. The highest BCUT2D eigenvalue weighted by Gasteiger charge is 2.13. The van der Waals surface area contributed by atoms with Crippen LogP contribution < -0.4 is 4.18 Å². The molecular formula is C18H13NO5S. The standard InChI is InChI=1S/C18H13NO5S/c20-15-8-4-13(5-9-15)18(17-3-1-2-12-19-17)14-6-10-16(11-7-14)24-25(21,22)23/h1-12H,(H,21,22,23). The lowest BCUT2D eigenvalue weighted by Crippen LogP contribution is -2.06. The number of carbonyl (C=O) groups excluding carboxylic acids is 1. The molecule has 0 aliphatic heterocycles. The van der Waals surface area contributed by atoms with E-state index in [0.29, 0.717) is 5.69 Å². The van der Waals surface area contributed by atoms with Gasteiger partial charge < -0.3 is 4.18 Å². The third-order valence-corrected chi connectivity index (χ3v) is 3.81. The number of rotatable bonds is 4. The Morgan fingerprint density at radius 3 is 2.20 bits per heavy atom. The van der Waals surface area contributed by atoms with Crippen molar-refractivity contribution in [1.29, 1.82) is 0 Å². The quantitative estimate of drug-likeness (QED) is 0.848. The van der Waals surface area contributed by atoms with Gasteiger partial charge in [-0.1, -0.05) is 30.4 Å². The van der Waals surface area contributed by atoms with E-state index in [1.807, 2.05) is 12.1 Å². The summed E-state index contributed by atoms with van der Waals surface area (Å²) in [6.45, 7) is 0. The normalized spacial score (nSPS) is 13.8. The average Bonchev–Trinajstić information content (AvgIpc) is 2.58. The Labute approximate surface area is 144 Å². The maximum atomic E-state index is 11.4. The number of hydrogen-bond donors (Lipinski definition) is 1. The van der Waals surface area contributed by atoms with E-state index >= 15 is 0 Å². The monoisotopic (exact) mass is 355 g/mol. The first kappa shape index (κ1) is 16.8. The van der Waals surface area contributed by atoms with Gasteiger partial charge in [0.05, 0.1) is 5.69 Å². The molecule has 126 valence electrons. The van der Waals surface area contributed by atoms with Gasteiger partial charge in [0.15, 0.2) is 5.78 Å². The molecule has 0 radical (unpaired) electrons. The van der Waals surface area contributed by atoms with E-state index < -0.39 is 10.4 Å². The highest BCUT2D eigenvalue weighted by molar-refractivity contribution is 7.81. The maximum absolute atomic E-state index is 11.4. The van der Waals surface area contributed by atoms with Crippen LogP contribution in [0.1, 0.15) is 11.3 Å². The molecule has 1 aromatic carbocycles. The summed E-state index contributed by atoms with van der Waals surface area (Å²) in [5.41, 5.74) is 3.02. The van der Waals surface area contributed by atoms with Crippen molar-refractivity contribution < 1.29 is 21.9 Å². The summed E-state index contributed by atoms with van der Waals surface area (Å²) in [5.74, 6) is -0.109. The van der Waals surface area contributed by atoms with E-state index in [4.69, 9.17) is 4.55 Å². The number of carbonyl (C=O) groups is 1. The minimum Gasteiger partial charge on any atom is -0.362 e. The number of nitrogens with zero attached hydrogens (tertiary/aromatic N) is 1. The Balaban J connectivity index is 2.07. The molecule has 1 N–H and O–H groups in total. The second-order valence-corrected chi connectivity index (χ2v) is 6.17. The Kier molecular flexibility index (Phi) is 4.60. The highest BCUT2D eigenvalue weighted by atomic mass is 32.3. The van der Waals surface area contributed by atoms with E-state index in [1.54, 1.807) is 36.5 Å². The molecule has 0 unspecified atom stereocenters. The first-order chi connectivity index (χ1) is 11.9. The van der Waals surface area contributed by atoms with Crippen molar-refractivity contribution in [3.63, 3.8) is 0 Å². The lowest BCUT2D eigenvalue weighted by molar-refractivity contribution is -0.110. The first-order valence-corrected chi connectivity index (χ1v) is 8.62. The lowest BCUT2D eigenvalue weighted by atomic mass is 9.94. The van der Waals surface area contributed by atoms with E-state index in [2.05, 4.69) is 9.17 Å². The van der Waals surface area contributed by atoms with Gasteiger partial charge in [0.2, 0.25) is 0 Å². The van der Waals surface area contributed by atoms with Crippen LogP contribution >= 0.6 is 0 Å². The predicted octanol–water partition coefficient (Wildman–Crippen LogP) is 2.76. The molecule has 0 bridgehead atoms. The Morgan fingerprint density at radius 1 is 0.960 bits per heavy atom. The number of hydrogen-bond acceptors (Lipinski definition) is 5. The Hall–Kier alpha value is -3.03. The van der Waals surface area contributed by atoms with Crippen molar-refractivity contribution in [1.82, 2.24) is 4.98 Å². The van der Waals surface area contributed by atoms with Gasteiger partial charge in [-0.3, -0.25) is 14.3 Å². The molecule has 0 amide bonds. The highest BCUT2D eigenvalue weighted by Crippen LogP contribution is 2.29. The van der Waals surface area contributed by atoms with Crippen LogP contribution in [-0.4, -0.2) is 23.7 Å². The van der Waals surface area contributed by atoms with Crippen LogP contribution in [0, 0.1) is 0 Å². The molecule has 0 fully saturated rings. The van der Waals surface area contributed by atoms with Crippen LogP contribution in [0.15, 0.2) is 78.5 Å². The molecule has 0 spiro atoms. The average molecular weight is 355 g/mol. The summed E-state index contributed by atoms with van der Waals surface area (Å²) < 4.78 is 34.7. The third-order valence-electron chi connectivity index (χ3n) is 3.41. The molecule has 25 heavy (non-hydrogen) atoms. The van der Waals surface area contributed by atoms with Crippen molar-refractivity contribution in [2.45, 2.75) is 0 Å². The van der Waals surface area contributed by atoms with Crippen molar-refractivity contribution in [2.75, 3.05) is 0 Å². The molecule has 0 atom stereocenters. The van der Waals surface area contributed by atoms with Crippen molar-refractivity contribution in [2.24, 2.45) is 0 Å². The maximum Gasteiger partial charge on any atom is 0.446 e. The van der Waals surface area contributed by atoms with Crippen LogP contribution in [0.2, 0.25) is 0 Å². The molecule has 6 nitrogen and oxygen atoms in total. The van der Waals surface area contributed by atoms with Crippen molar-refractivity contribution in [3.05, 3.63) is 89.8 Å². The van der Waals surface area contributed by atoms with Gasteiger partial charge in [-0.15, -0.1) is 0 Å². The zero-order chi connectivity index (χ0) is 17.9. The first-order valence-electron chi connectivity index (χ1n) is 7.25. The van der Waals surface area contributed by atoms with Gasteiger partial charge in [-0.25, -0.2) is 0 Å². The summed E-state index contributed by atoms with van der Waals surface area (Å²) in [5, 5.41) is 0. The van der Waals surface area contributed by atoms with Gasteiger partial charge in [-0.05, 0) is 47.6 Å². The van der Waals surface area contributed by atoms with Gasteiger partial charge in [-0.2, -0.15) is 8.42 Å². The molecule has 2 aromatic rings. The molecule has 1 aromatic heterocycles. The molecule has 1 heterocycles. The fourth-order valence-electron chi connectivity index (χ4n) is 2.39. The minimum atomic E-state index is -4.57. The topological polar surface area (TPSA) is 93.6 Å². The van der Waals surface area contributed by atoms with Crippen molar-refractivity contribution >= 4 is 21.8 Å². The van der Waals surface area contributed by atoms with Gasteiger partial charge in [0, 0.05) is 11.8 Å². The molecule has 0 saturated heterocycles. The fraction of sp³-hybridized carbons (Fsp3) is 0. The summed E-state index contributed by atoms with van der Waals surface area (Å²) in [7, 11) is -4.57. The Bertz CT molecular complexity index is 970. The van der Waals surface area contributed by atoms with Gasteiger partial charge in [0.25, 0.3) is 0 Å². The van der Waals surface area contributed by atoms with Gasteiger partial charge >= 0.3 is 10.4 Å². The number of aromatic nitrogens is 1. The zero-order valence-corrected chi connectivity index (χ0v) is 13.7. The minimum absolute atomic E-state index is 0.0125. The molecule has 3 rings (SSSR count). The molecule has 0 saturated carbocycles. The number of ketones is 1. The second-order valence-electron chi connectivity index (χ2n) is 5.15. The van der Waals surface area contributed by atoms with Crippen LogP contribution in [0.25, 0.3) is 5.57 Å². The molecule has 1 aliphatic carbocycles. The second kappa shape index (κ2) is 6.84. The smallest absolute Gasteiger partial charge is 0.362 e. The predicted molar refractivity (Wildman–Crippen MR) is 92.2 cm³/mol. The SMILES string of the molecule is O=C1C=CC(=C(c2ccc(OS(=O)(=O)O)cc2)c2ccccn2)C=C1. The molecular weight excluding hydrogens is 342 g/mol. The summed E-state index contributed by atoms with van der Waals surface area (Å²) in [6.07, 6.45) is 8.00. The van der Waals surface area contributed by atoms with Crippen LogP contribution in [0.5, 0.6) is 5.75 Å². The third kappa shape index (κ3) is 4.28. The molecule has 7 heteroatoms. The summed E-state index contributed by atoms with van der Waals surface area (Å²) in [6, 6.07) is 11.6. The van der Waals surface area contributed by atoms with Gasteiger partial charge in [0.1, 0.15) is 5.75 Å². The van der Waals surface area contributed by atoms with E-state index in [1.165, 1.54) is 24.3 Å². The largest absolute Gasteiger partial charge is 0.446 e. The van der Waals surface area contributed by atoms with E-state index in [0.717, 1.165) is 16.7 Å². The van der Waals surface area contributed by atoms with Crippen LogP contribution in [0.4, 0.5) is 0 Å². The zero-order valence-electron chi connectivity index (χ0n) is 12.9. The number of allylic oxidation sites excluding steroid dienone is 5. The van der Waals surface area contributed by atoms with Crippen LogP contribution in [0.3, 0.4) is 0 Å². The fourth-order valence-corrected chi connectivity index (χ4v) is 2.75. The Morgan fingerprint density at radius 2 is 1.64 bits per heavy atom. The summed E-state index contributed by atoms with van der Waals surface area (Å²) >= 11 is 0.